The zero-order valence-corrected chi connectivity index (χ0v) is 20.5. The molecular formula is C21H23F5N6O2S2. The van der Waals surface area contributed by atoms with Gasteiger partial charge in [-0.15, -0.1) is 0 Å². The second-order valence-electron chi connectivity index (χ2n) is 9.25. The quantitative estimate of drug-likeness (QED) is 0.411. The van der Waals surface area contributed by atoms with Gasteiger partial charge in [0.25, 0.3) is 0 Å². The Bertz CT molecular complexity index is 1150. The third-order valence-corrected chi connectivity index (χ3v) is 8.91. The second-order valence-corrected chi connectivity index (χ2v) is 11.8. The zero-order valence-electron chi connectivity index (χ0n) is 18.9. The third kappa shape index (κ3) is 5.01. The van der Waals surface area contributed by atoms with Crippen LogP contribution in [0, 0.1) is 0 Å². The minimum Gasteiger partial charge on any atom is -0.394 e. The molecule has 0 radical (unpaired) electrons. The number of aliphatic hydroxyl groups is 1. The van der Waals surface area contributed by atoms with E-state index in [4.69, 9.17) is 0 Å². The lowest BCUT2D eigenvalue weighted by Crippen LogP contribution is -2.49. The number of hydrogen-bond donors (Lipinski definition) is 2. The number of aliphatic hydroxyl groups excluding tert-OH is 1. The maximum Gasteiger partial charge on any atom is 0.446 e. The molecule has 15 heteroatoms. The van der Waals surface area contributed by atoms with E-state index < -0.39 is 39.2 Å². The van der Waals surface area contributed by atoms with Gasteiger partial charge in [-0.1, -0.05) is 0 Å². The summed E-state index contributed by atoms with van der Waals surface area (Å²) < 4.78 is 79.5. The van der Waals surface area contributed by atoms with Gasteiger partial charge in [0.1, 0.15) is 22.2 Å². The maximum absolute atomic E-state index is 14.7. The van der Waals surface area contributed by atoms with Crippen LogP contribution in [0.1, 0.15) is 49.5 Å². The normalized spacial score (nSPS) is 23.3. The van der Waals surface area contributed by atoms with E-state index in [1.165, 1.54) is 0 Å². The molecule has 1 aliphatic carbocycles. The van der Waals surface area contributed by atoms with Gasteiger partial charge in [0, 0.05) is 31.4 Å². The minimum atomic E-state index is -4.42. The molecule has 1 saturated carbocycles. The van der Waals surface area contributed by atoms with Crippen LogP contribution < -0.4 is 10.2 Å². The van der Waals surface area contributed by atoms with Crippen LogP contribution in [-0.2, 0) is 16.7 Å². The summed E-state index contributed by atoms with van der Waals surface area (Å²) in [4.78, 5) is 18.3. The fourth-order valence-corrected chi connectivity index (χ4v) is 6.48. The number of aromatic nitrogens is 4. The predicted molar refractivity (Wildman–Crippen MR) is 123 cm³/mol. The molecule has 0 aromatic carbocycles. The number of anilines is 2. The van der Waals surface area contributed by atoms with E-state index in [-0.39, 0.29) is 45.8 Å². The third-order valence-electron chi connectivity index (χ3n) is 6.76. The fraction of sp³-hybridized carbons (Fsp3) is 0.619. The Hall–Kier alpha value is -2.13. The van der Waals surface area contributed by atoms with Crippen molar-refractivity contribution in [3.05, 3.63) is 23.9 Å². The number of alkyl halides is 5. The Balaban J connectivity index is 1.35. The SMILES string of the molecule is O=S1CC(F)(F)c2nc(N3CCC(c4ncc(SC(F)(F)F)cn4)CC3)nc(NC3(CO)CCC3)c21. The maximum atomic E-state index is 14.7. The van der Waals surface area contributed by atoms with Crippen LogP contribution in [0.5, 0.6) is 0 Å². The van der Waals surface area contributed by atoms with Gasteiger partial charge in [0.2, 0.25) is 5.95 Å². The number of nitrogens with zero attached hydrogens (tertiary/aromatic N) is 5. The number of hydrogen-bond acceptors (Lipinski definition) is 9. The van der Waals surface area contributed by atoms with E-state index >= 15 is 0 Å². The fourth-order valence-electron chi connectivity index (χ4n) is 4.67. The Kier molecular flexibility index (Phi) is 6.60. The summed E-state index contributed by atoms with van der Waals surface area (Å²) in [5.41, 5.74) is -5.65. The van der Waals surface area contributed by atoms with Crippen molar-refractivity contribution >= 4 is 34.3 Å². The molecule has 2 aliphatic heterocycles. The topological polar surface area (TPSA) is 104 Å². The number of nitrogens with one attached hydrogen (secondary N) is 1. The summed E-state index contributed by atoms with van der Waals surface area (Å²) >= 11 is -0.279. The molecule has 2 fully saturated rings. The van der Waals surface area contributed by atoms with E-state index in [1.807, 2.05) is 0 Å². The van der Waals surface area contributed by atoms with Crippen molar-refractivity contribution in [1.29, 1.82) is 0 Å². The van der Waals surface area contributed by atoms with Crippen molar-refractivity contribution in [3.63, 3.8) is 0 Å². The van der Waals surface area contributed by atoms with Gasteiger partial charge < -0.3 is 15.3 Å². The molecule has 0 spiro atoms. The number of rotatable bonds is 6. The zero-order chi connectivity index (χ0) is 25.7. The molecule has 4 heterocycles. The largest absolute Gasteiger partial charge is 0.446 e. The minimum absolute atomic E-state index is 0.0717. The molecule has 2 N–H and O–H groups in total. The van der Waals surface area contributed by atoms with Crippen molar-refractivity contribution in [2.45, 2.75) is 64.8 Å². The highest BCUT2D eigenvalue weighted by Gasteiger charge is 2.49. The van der Waals surface area contributed by atoms with E-state index in [2.05, 4.69) is 25.3 Å². The van der Waals surface area contributed by atoms with E-state index in [0.717, 1.165) is 18.8 Å². The molecule has 2 aromatic heterocycles. The summed E-state index contributed by atoms with van der Waals surface area (Å²) in [7, 11) is -1.97. The summed E-state index contributed by atoms with van der Waals surface area (Å²) in [5.74, 6) is -3.75. The van der Waals surface area contributed by atoms with Crippen molar-refractivity contribution in [2.24, 2.45) is 0 Å². The van der Waals surface area contributed by atoms with Crippen molar-refractivity contribution in [2.75, 3.05) is 35.7 Å². The molecule has 1 saturated heterocycles. The average Bonchev–Trinajstić information content (AvgIpc) is 3.04. The van der Waals surface area contributed by atoms with Crippen LogP contribution >= 0.6 is 11.8 Å². The first-order valence-corrected chi connectivity index (χ1v) is 13.5. The summed E-state index contributed by atoms with van der Waals surface area (Å²) in [5, 5.41) is 12.9. The van der Waals surface area contributed by atoms with Crippen LogP contribution in [-0.4, -0.2) is 65.7 Å². The van der Waals surface area contributed by atoms with Crippen LogP contribution in [0.2, 0.25) is 0 Å². The van der Waals surface area contributed by atoms with E-state index in [9.17, 15) is 31.3 Å². The van der Waals surface area contributed by atoms with Crippen LogP contribution in [0.3, 0.4) is 0 Å². The molecule has 3 aliphatic rings. The van der Waals surface area contributed by atoms with Crippen LogP contribution in [0.15, 0.2) is 22.2 Å². The highest BCUT2D eigenvalue weighted by Crippen LogP contribution is 2.45. The lowest BCUT2D eigenvalue weighted by molar-refractivity contribution is -0.0328. The summed E-state index contributed by atoms with van der Waals surface area (Å²) in [6.07, 6.45) is 5.51. The van der Waals surface area contributed by atoms with E-state index in [1.54, 1.807) is 4.90 Å². The first-order valence-electron chi connectivity index (χ1n) is 11.4. The molecule has 36 heavy (non-hydrogen) atoms. The van der Waals surface area contributed by atoms with Crippen LogP contribution in [0.25, 0.3) is 0 Å². The number of thioether (sulfide) groups is 1. The Morgan fingerprint density at radius 2 is 1.83 bits per heavy atom. The highest BCUT2D eigenvalue weighted by molar-refractivity contribution is 8.00. The Morgan fingerprint density at radius 1 is 1.17 bits per heavy atom. The molecule has 196 valence electrons. The van der Waals surface area contributed by atoms with Crippen molar-refractivity contribution in [3.8, 4) is 0 Å². The molecule has 1 atom stereocenters. The van der Waals surface area contributed by atoms with Gasteiger partial charge in [-0.2, -0.15) is 26.9 Å². The molecule has 0 amide bonds. The first-order chi connectivity index (χ1) is 17.0. The van der Waals surface area contributed by atoms with E-state index in [0.29, 0.717) is 44.6 Å². The second kappa shape index (κ2) is 9.31. The number of halogens is 5. The standard InChI is InChI=1S/C21H23F5N6O2S2/c22-20(23)11-36(34)14-15(20)29-18(30-17(14)31-19(10-33)4-1-5-19)32-6-2-12(3-7-32)16-27-8-13(9-28-16)35-21(24,25)26/h8-9,12,33H,1-7,10-11H2,(H,29,30,31). The molecular weight excluding hydrogens is 527 g/mol. The Labute approximate surface area is 210 Å². The highest BCUT2D eigenvalue weighted by atomic mass is 32.2. The van der Waals surface area contributed by atoms with Gasteiger partial charge in [0.05, 0.1) is 33.6 Å². The molecule has 0 bridgehead atoms. The van der Waals surface area contributed by atoms with Crippen molar-refractivity contribution < 1.29 is 31.3 Å². The molecule has 8 nitrogen and oxygen atoms in total. The van der Waals surface area contributed by atoms with Gasteiger partial charge >= 0.3 is 11.4 Å². The summed E-state index contributed by atoms with van der Waals surface area (Å²) in [6.45, 7) is 0.589. The van der Waals surface area contributed by atoms with Crippen LogP contribution in [0.4, 0.5) is 33.7 Å². The van der Waals surface area contributed by atoms with Crippen molar-refractivity contribution in [1.82, 2.24) is 19.9 Å². The number of fused-ring (bicyclic) bond motifs is 1. The smallest absolute Gasteiger partial charge is 0.394 e. The van der Waals surface area contributed by atoms with Gasteiger partial charge in [-0.3, -0.25) is 4.21 Å². The lowest BCUT2D eigenvalue weighted by Gasteiger charge is -2.42. The van der Waals surface area contributed by atoms with Gasteiger partial charge in [0.15, 0.2) is 0 Å². The molecule has 5 rings (SSSR count). The number of piperidine rings is 1. The van der Waals surface area contributed by atoms with Gasteiger partial charge in [-0.25, -0.2) is 15.0 Å². The lowest BCUT2D eigenvalue weighted by atomic mass is 9.77. The predicted octanol–water partition coefficient (Wildman–Crippen LogP) is 3.80. The monoisotopic (exact) mass is 550 g/mol. The Morgan fingerprint density at radius 3 is 2.39 bits per heavy atom. The first kappa shape index (κ1) is 25.5. The molecule has 1 unspecified atom stereocenters. The average molecular weight is 551 g/mol. The molecule has 2 aromatic rings. The van der Waals surface area contributed by atoms with Gasteiger partial charge in [-0.05, 0) is 43.9 Å². The summed E-state index contributed by atoms with van der Waals surface area (Å²) in [6, 6.07) is 0.